The van der Waals surface area contributed by atoms with E-state index in [2.05, 4.69) is 22.9 Å². The van der Waals surface area contributed by atoms with Crippen LogP contribution in [-0.2, 0) is 0 Å². The Labute approximate surface area is 140 Å². The minimum atomic E-state index is 0.0165. The van der Waals surface area contributed by atoms with Gasteiger partial charge in [0, 0.05) is 18.7 Å². The van der Waals surface area contributed by atoms with Crippen LogP contribution in [0, 0.1) is 5.92 Å². The van der Waals surface area contributed by atoms with Crippen LogP contribution in [0.1, 0.15) is 43.0 Å². The number of amides is 1. The smallest absolute Gasteiger partial charge is 0.254 e. The van der Waals surface area contributed by atoms with Crippen molar-refractivity contribution in [1.82, 2.24) is 4.90 Å². The molecule has 1 aliphatic rings. The first-order valence-corrected chi connectivity index (χ1v) is 8.47. The van der Waals surface area contributed by atoms with Gasteiger partial charge in [0.25, 0.3) is 5.91 Å². The zero-order valence-corrected chi connectivity index (χ0v) is 15.3. The van der Waals surface area contributed by atoms with E-state index in [1.54, 1.807) is 26.4 Å². The molecular formula is C17H24BrNO3. The van der Waals surface area contributed by atoms with Crippen molar-refractivity contribution in [2.75, 3.05) is 21.3 Å². The van der Waals surface area contributed by atoms with Crippen LogP contribution < -0.4 is 9.47 Å². The molecule has 0 aromatic heterocycles. The van der Waals surface area contributed by atoms with Gasteiger partial charge in [0.05, 0.1) is 14.2 Å². The summed E-state index contributed by atoms with van der Waals surface area (Å²) >= 11 is 3.43. The number of ether oxygens (including phenoxy) is 2. The van der Waals surface area contributed by atoms with Gasteiger partial charge in [-0.1, -0.05) is 19.8 Å². The number of benzene rings is 1. The Bertz CT molecular complexity index is 522. The number of methoxy groups -OCH3 is 2. The molecular weight excluding hydrogens is 346 g/mol. The summed E-state index contributed by atoms with van der Waals surface area (Å²) in [4.78, 5) is 14.7. The normalized spacial score (nSPS) is 21.3. The van der Waals surface area contributed by atoms with Gasteiger partial charge < -0.3 is 14.4 Å². The minimum Gasteiger partial charge on any atom is -0.495 e. The summed E-state index contributed by atoms with van der Waals surface area (Å²) in [6.07, 6.45) is 4.72. The van der Waals surface area contributed by atoms with Crippen LogP contribution >= 0.6 is 15.9 Å². The largest absolute Gasteiger partial charge is 0.495 e. The van der Waals surface area contributed by atoms with Gasteiger partial charge in [0.2, 0.25) is 0 Å². The third-order valence-electron chi connectivity index (χ3n) is 4.58. The molecule has 0 aliphatic heterocycles. The van der Waals surface area contributed by atoms with E-state index in [9.17, 15) is 4.79 Å². The fourth-order valence-electron chi connectivity index (χ4n) is 3.22. The molecule has 0 heterocycles. The molecule has 1 amide bonds. The molecule has 2 rings (SSSR count). The average Bonchev–Trinajstić information content (AvgIpc) is 2.54. The van der Waals surface area contributed by atoms with Crippen molar-refractivity contribution in [1.29, 1.82) is 0 Å². The quantitative estimate of drug-likeness (QED) is 0.801. The summed E-state index contributed by atoms with van der Waals surface area (Å²) in [6.45, 7) is 2.23. The average molecular weight is 370 g/mol. The molecule has 0 radical (unpaired) electrons. The van der Waals surface area contributed by atoms with Crippen molar-refractivity contribution < 1.29 is 14.3 Å². The predicted octanol–water partition coefficient (Wildman–Crippen LogP) is 4.12. The standard InChI is InChI=1S/C17H24BrNO3/c1-11-7-5-6-8-13(11)19(2)17(20)12-9-14(21-3)16(18)15(10-12)22-4/h9-11,13H,5-8H2,1-4H3/t11-,13-/m1/s1. The fourth-order valence-corrected chi connectivity index (χ4v) is 3.77. The minimum absolute atomic E-state index is 0.0165. The third-order valence-corrected chi connectivity index (χ3v) is 5.36. The topological polar surface area (TPSA) is 38.8 Å². The highest BCUT2D eigenvalue weighted by molar-refractivity contribution is 9.10. The first-order valence-electron chi connectivity index (χ1n) is 7.68. The van der Waals surface area contributed by atoms with Gasteiger partial charge in [-0.3, -0.25) is 4.79 Å². The first-order chi connectivity index (χ1) is 10.5. The molecule has 0 N–H and O–H groups in total. The Balaban J connectivity index is 2.28. The van der Waals surface area contributed by atoms with Gasteiger partial charge >= 0.3 is 0 Å². The second-order valence-corrected chi connectivity index (χ2v) is 6.73. The number of hydrogen-bond acceptors (Lipinski definition) is 3. The zero-order chi connectivity index (χ0) is 16.3. The van der Waals surface area contributed by atoms with Gasteiger partial charge in [-0.05, 0) is 46.8 Å². The molecule has 1 saturated carbocycles. The highest BCUT2D eigenvalue weighted by atomic mass is 79.9. The lowest BCUT2D eigenvalue weighted by molar-refractivity contribution is 0.0628. The molecule has 22 heavy (non-hydrogen) atoms. The van der Waals surface area contributed by atoms with Crippen molar-refractivity contribution in [3.05, 3.63) is 22.2 Å². The summed E-state index contributed by atoms with van der Waals surface area (Å²) in [5.41, 5.74) is 0.595. The molecule has 122 valence electrons. The number of halogens is 1. The van der Waals surface area contributed by atoms with E-state index in [0.29, 0.717) is 29.0 Å². The lowest BCUT2D eigenvalue weighted by Crippen LogP contribution is -2.42. The first kappa shape index (κ1) is 17.1. The molecule has 2 atom stereocenters. The highest BCUT2D eigenvalue weighted by Gasteiger charge is 2.29. The molecule has 1 fully saturated rings. The van der Waals surface area contributed by atoms with Crippen molar-refractivity contribution in [2.45, 2.75) is 38.6 Å². The van der Waals surface area contributed by atoms with Gasteiger partial charge in [0.1, 0.15) is 16.0 Å². The molecule has 0 unspecified atom stereocenters. The van der Waals surface area contributed by atoms with Gasteiger partial charge in [-0.25, -0.2) is 0 Å². The summed E-state index contributed by atoms with van der Waals surface area (Å²) < 4.78 is 11.4. The monoisotopic (exact) mass is 369 g/mol. The van der Waals surface area contributed by atoms with Crippen LogP contribution in [0.4, 0.5) is 0 Å². The fraction of sp³-hybridized carbons (Fsp3) is 0.588. The van der Waals surface area contributed by atoms with Crippen LogP contribution in [0.2, 0.25) is 0 Å². The van der Waals surface area contributed by atoms with E-state index >= 15 is 0 Å². The summed E-state index contributed by atoms with van der Waals surface area (Å²) in [7, 11) is 5.07. The second-order valence-electron chi connectivity index (χ2n) is 5.94. The van der Waals surface area contributed by atoms with Crippen LogP contribution in [0.25, 0.3) is 0 Å². The van der Waals surface area contributed by atoms with Crippen molar-refractivity contribution in [3.8, 4) is 11.5 Å². The molecule has 0 saturated heterocycles. The number of nitrogens with zero attached hydrogens (tertiary/aromatic N) is 1. The zero-order valence-electron chi connectivity index (χ0n) is 13.7. The van der Waals surface area contributed by atoms with Crippen LogP contribution in [0.15, 0.2) is 16.6 Å². The SMILES string of the molecule is COc1cc(C(=O)N(C)[C@@H]2CCCC[C@H]2C)cc(OC)c1Br. The molecule has 1 aliphatic carbocycles. The maximum Gasteiger partial charge on any atom is 0.254 e. The Hall–Kier alpha value is -1.23. The van der Waals surface area contributed by atoms with Crippen molar-refractivity contribution in [3.63, 3.8) is 0 Å². The third kappa shape index (κ3) is 3.40. The summed E-state index contributed by atoms with van der Waals surface area (Å²) in [6, 6.07) is 3.83. The van der Waals surface area contributed by atoms with E-state index in [-0.39, 0.29) is 5.91 Å². The summed E-state index contributed by atoms with van der Waals surface area (Å²) in [5, 5.41) is 0. The van der Waals surface area contributed by atoms with Gasteiger partial charge in [0.15, 0.2) is 0 Å². The van der Waals surface area contributed by atoms with Gasteiger partial charge in [-0.15, -0.1) is 0 Å². The van der Waals surface area contributed by atoms with Crippen molar-refractivity contribution >= 4 is 21.8 Å². The van der Waals surface area contributed by atoms with Crippen LogP contribution in [-0.4, -0.2) is 38.1 Å². The van der Waals surface area contributed by atoms with Crippen LogP contribution in [0.5, 0.6) is 11.5 Å². The molecule has 1 aromatic rings. The van der Waals surface area contributed by atoms with E-state index < -0.39 is 0 Å². The molecule has 1 aromatic carbocycles. The molecule has 4 nitrogen and oxygen atoms in total. The Morgan fingerprint density at radius 1 is 1.18 bits per heavy atom. The molecule has 5 heteroatoms. The van der Waals surface area contributed by atoms with Gasteiger partial charge in [-0.2, -0.15) is 0 Å². The maximum atomic E-state index is 12.8. The number of carbonyl (C=O) groups is 1. The van der Waals surface area contributed by atoms with E-state index in [0.717, 1.165) is 10.9 Å². The number of carbonyl (C=O) groups excluding carboxylic acids is 1. The lowest BCUT2D eigenvalue weighted by atomic mass is 9.85. The second kappa shape index (κ2) is 7.36. The molecule has 0 bridgehead atoms. The number of rotatable bonds is 4. The maximum absolute atomic E-state index is 12.8. The molecule has 0 spiro atoms. The Kier molecular flexibility index (Phi) is 5.73. The number of hydrogen-bond donors (Lipinski definition) is 0. The van der Waals surface area contributed by atoms with E-state index in [1.165, 1.54) is 19.3 Å². The summed E-state index contributed by atoms with van der Waals surface area (Å²) in [5.74, 6) is 1.77. The van der Waals surface area contributed by atoms with E-state index in [4.69, 9.17) is 9.47 Å². The Morgan fingerprint density at radius 2 is 1.73 bits per heavy atom. The van der Waals surface area contributed by atoms with Crippen LogP contribution in [0.3, 0.4) is 0 Å². The van der Waals surface area contributed by atoms with E-state index in [1.807, 2.05) is 11.9 Å². The highest BCUT2D eigenvalue weighted by Crippen LogP contribution is 2.36. The predicted molar refractivity (Wildman–Crippen MR) is 90.8 cm³/mol. The lowest BCUT2D eigenvalue weighted by Gasteiger charge is -2.36. The van der Waals surface area contributed by atoms with Crippen molar-refractivity contribution in [2.24, 2.45) is 5.92 Å². The Morgan fingerprint density at radius 3 is 2.23 bits per heavy atom.